The zero-order valence-electron chi connectivity index (χ0n) is 17.3. The number of phenols is 1. The molecule has 8 heteroatoms. The Kier molecular flexibility index (Phi) is 8.70. The van der Waals surface area contributed by atoms with Crippen molar-refractivity contribution in [3.8, 4) is 17.2 Å². The van der Waals surface area contributed by atoms with Crippen LogP contribution in [-0.4, -0.2) is 37.2 Å². The maximum atomic E-state index is 11.4. The van der Waals surface area contributed by atoms with E-state index >= 15 is 0 Å². The predicted molar refractivity (Wildman–Crippen MR) is 130 cm³/mol. The highest BCUT2D eigenvalue weighted by Gasteiger charge is 2.17. The molecular weight excluding hydrogens is 542 g/mol. The van der Waals surface area contributed by atoms with Crippen LogP contribution in [0.5, 0.6) is 17.2 Å². The molecule has 32 heavy (non-hydrogen) atoms. The monoisotopic (exact) mass is 561 g/mol. The Balaban J connectivity index is 0.000000416. The van der Waals surface area contributed by atoms with Crippen molar-refractivity contribution in [2.75, 3.05) is 20.3 Å². The number of hydrogen-bond donors (Lipinski definition) is 1. The molecule has 166 valence electrons. The molecule has 0 saturated carbocycles. The Morgan fingerprint density at radius 1 is 1.06 bits per heavy atom. The van der Waals surface area contributed by atoms with E-state index in [1.807, 2.05) is 36.4 Å². The molecule has 4 rings (SSSR count). The van der Waals surface area contributed by atoms with Crippen LogP contribution in [0.25, 0.3) is 0 Å². The number of aliphatic imine (C=N–C) groups is 1. The van der Waals surface area contributed by atoms with Gasteiger partial charge in [0.25, 0.3) is 0 Å². The van der Waals surface area contributed by atoms with Gasteiger partial charge in [0, 0.05) is 0 Å². The van der Waals surface area contributed by atoms with E-state index in [1.54, 1.807) is 24.3 Å². The molecule has 0 unspecified atom stereocenters. The number of esters is 1. The van der Waals surface area contributed by atoms with Gasteiger partial charge in [0.15, 0.2) is 5.75 Å². The fourth-order valence-electron chi connectivity index (χ4n) is 2.80. The molecule has 0 radical (unpaired) electrons. The van der Waals surface area contributed by atoms with Crippen molar-refractivity contribution in [3.05, 3.63) is 86.8 Å². The number of carbonyl (C=O) groups is 1. The van der Waals surface area contributed by atoms with E-state index in [2.05, 4.69) is 41.6 Å². The van der Waals surface area contributed by atoms with Gasteiger partial charge < -0.3 is 19.3 Å². The summed E-state index contributed by atoms with van der Waals surface area (Å²) in [5, 5.41) is 10.0. The second-order valence-electron chi connectivity index (χ2n) is 6.61. The number of halogens is 2. The van der Waals surface area contributed by atoms with Crippen molar-refractivity contribution < 1.29 is 24.1 Å². The van der Waals surface area contributed by atoms with Gasteiger partial charge in [-0.15, -0.1) is 0 Å². The topological polar surface area (TPSA) is 77.4 Å². The van der Waals surface area contributed by atoms with E-state index in [9.17, 15) is 9.90 Å². The maximum absolute atomic E-state index is 11.4. The zero-order valence-corrected chi connectivity index (χ0v) is 20.4. The third-order valence-electron chi connectivity index (χ3n) is 4.30. The van der Waals surface area contributed by atoms with Crippen LogP contribution in [-0.2, 0) is 20.7 Å². The quantitative estimate of drug-likeness (QED) is 0.392. The van der Waals surface area contributed by atoms with Crippen molar-refractivity contribution in [2.45, 2.75) is 6.42 Å². The SMILES string of the molecule is COC(=O)Cc1cc(Br)c(Oc2ccc(O)c(C3=NCCO3)c2)c(Br)c1.c1ccccc1. The first-order chi connectivity index (χ1) is 15.5. The molecule has 0 saturated heterocycles. The molecule has 0 bridgehead atoms. The molecule has 0 atom stereocenters. The molecule has 6 nitrogen and oxygen atoms in total. The van der Waals surface area contributed by atoms with Crippen LogP contribution in [0.3, 0.4) is 0 Å². The minimum atomic E-state index is -0.321. The highest BCUT2D eigenvalue weighted by atomic mass is 79.9. The van der Waals surface area contributed by atoms with Crippen molar-refractivity contribution in [1.29, 1.82) is 0 Å². The molecule has 3 aromatic rings. The summed E-state index contributed by atoms with van der Waals surface area (Å²) in [5.74, 6) is 1.21. The summed E-state index contributed by atoms with van der Waals surface area (Å²) in [4.78, 5) is 15.7. The highest BCUT2D eigenvalue weighted by Crippen LogP contribution is 2.39. The lowest BCUT2D eigenvalue weighted by Gasteiger charge is -2.13. The van der Waals surface area contributed by atoms with Crippen LogP contribution in [0.4, 0.5) is 0 Å². The van der Waals surface area contributed by atoms with Gasteiger partial charge in [-0.05, 0) is 67.8 Å². The van der Waals surface area contributed by atoms with E-state index in [4.69, 9.17) is 9.47 Å². The van der Waals surface area contributed by atoms with Crippen LogP contribution >= 0.6 is 31.9 Å². The van der Waals surface area contributed by atoms with E-state index in [0.717, 1.165) is 5.56 Å². The smallest absolute Gasteiger partial charge is 0.309 e. The van der Waals surface area contributed by atoms with Crippen molar-refractivity contribution in [2.24, 2.45) is 4.99 Å². The number of ether oxygens (including phenoxy) is 3. The van der Waals surface area contributed by atoms with Crippen LogP contribution in [0.1, 0.15) is 11.1 Å². The number of benzene rings is 3. The fourth-order valence-corrected chi connectivity index (χ4v) is 4.24. The van der Waals surface area contributed by atoms with Gasteiger partial charge in [0.1, 0.15) is 18.1 Å². The van der Waals surface area contributed by atoms with Gasteiger partial charge in [-0.1, -0.05) is 36.4 Å². The average Bonchev–Trinajstić information content (AvgIpc) is 3.33. The molecule has 0 amide bonds. The Labute approximate surface area is 203 Å². The number of hydrogen-bond acceptors (Lipinski definition) is 6. The first kappa shape index (κ1) is 23.8. The molecule has 1 N–H and O–H groups in total. The molecule has 1 aliphatic heterocycles. The molecule has 1 aliphatic rings. The van der Waals surface area contributed by atoms with E-state index in [1.165, 1.54) is 13.2 Å². The Morgan fingerprint density at radius 2 is 1.69 bits per heavy atom. The van der Waals surface area contributed by atoms with Gasteiger partial charge in [0.05, 0.1) is 34.6 Å². The number of nitrogens with zero attached hydrogens (tertiary/aromatic N) is 1. The van der Waals surface area contributed by atoms with Gasteiger partial charge in [-0.25, -0.2) is 4.99 Å². The van der Waals surface area contributed by atoms with Crippen molar-refractivity contribution >= 4 is 43.7 Å². The average molecular weight is 563 g/mol. The summed E-state index contributed by atoms with van der Waals surface area (Å²) in [5.41, 5.74) is 1.26. The summed E-state index contributed by atoms with van der Waals surface area (Å²) in [6, 6.07) is 20.4. The molecular formula is C24H21Br2NO5. The predicted octanol–water partition coefficient (Wildman–Crippen LogP) is 5.89. The first-order valence-corrected chi connectivity index (χ1v) is 11.3. The Bertz CT molecular complexity index is 1050. The normalized spacial score (nSPS) is 12.2. The Morgan fingerprint density at radius 3 is 2.22 bits per heavy atom. The summed E-state index contributed by atoms with van der Waals surface area (Å²) in [7, 11) is 1.35. The number of phenolic OH excluding ortho intramolecular Hbond substituents is 1. The van der Waals surface area contributed by atoms with Gasteiger partial charge in [-0.2, -0.15) is 0 Å². The number of methoxy groups -OCH3 is 1. The fraction of sp³-hybridized carbons (Fsp3) is 0.167. The van der Waals surface area contributed by atoms with E-state index < -0.39 is 0 Å². The molecule has 1 heterocycles. The first-order valence-electron chi connectivity index (χ1n) is 9.71. The third-order valence-corrected chi connectivity index (χ3v) is 5.48. The molecule has 0 aliphatic carbocycles. The lowest BCUT2D eigenvalue weighted by molar-refractivity contribution is -0.139. The lowest BCUT2D eigenvalue weighted by Crippen LogP contribution is -2.04. The second-order valence-corrected chi connectivity index (χ2v) is 8.32. The second kappa shape index (κ2) is 11.7. The minimum absolute atomic E-state index is 0.0737. The van der Waals surface area contributed by atoms with Gasteiger partial charge in [-0.3, -0.25) is 4.79 Å². The third kappa shape index (κ3) is 6.58. The molecule has 0 aromatic heterocycles. The Hall–Kier alpha value is -2.84. The highest BCUT2D eigenvalue weighted by molar-refractivity contribution is 9.11. The van der Waals surface area contributed by atoms with Crippen LogP contribution in [0, 0.1) is 0 Å². The summed E-state index contributed by atoms with van der Waals surface area (Å²) >= 11 is 6.92. The summed E-state index contributed by atoms with van der Waals surface area (Å²) in [6.45, 7) is 1.07. The van der Waals surface area contributed by atoms with Gasteiger partial charge >= 0.3 is 5.97 Å². The van der Waals surface area contributed by atoms with Crippen LogP contribution < -0.4 is 4.74 Å². The van der Waals surface area contributed by atoms with Gasteiger partial charge in [0.2, 0.25) is 5.90 Å². The van der Waals surface area contributed by atoms with Crippen molar-refractivity contribution in [3.63, 3.8) is 0 Å². The maximum Gasteiger partial charge on any atom is 0.309 e. The van der Waals surface area contributed by atoms with Crippen LogP contribution in [0.2, 0.25) is 0 Å². The summed E-state index contributed by atoms with van der Waals surface area (Å²) < 4.78 is 17.4. The summed E-state index contributed by atoms with van der Waals surface area (Å²) in [6.07, 6.45) is 0.161. The largest absolute Gasteiger partial charge is 0.507 e. The minimum Gasteiger partial charge on any atom is -0.507 e. The van der Waals surface area contributed by atoms with E-state index in [-0.39, 0.29) is 18.1 Å². The van der Waals surface area contributed by atoms with Crippen LogP contribution in [0.15, 0.2) is 80.7 Å². The lowest BCUT2D eigenvalue weighted by atomic mass is 10.1. The van der Waals surface area contributed by atoms with E-state index in [0.29, 0.717) is 45.1 Å². The molecule has 0 fully saturated rings. The van der Waals surface area contributed by atoms with Crippen molar-refractivity contribution in [1.82, 2.24) is 0 Å². The molecule has 0 spiro atoms. The number of aromatic hydroxyl groups is 1. The number of rotatable bonds is 5. The molecule has 3 aromatic carbocycles. The zero-order chi connectivity index (χ0) is 22.9. The number of carbonyl (C=O) groups excluding carboxylic acids is 1. The standard InChI is InChI=1S/C18H15Br2NO5.C6H6/c1-24-16(23)8-10-6-13(19)17(14(20)7-10)26-11-2-3-15(22)12(9-11)18-21-4-5-25-18;1-2-4-6-5-3-1/h2-3,6-7,9,22H,4-5,8H2,1H3;1-6H.